The second-order valence-corrected chi connectivity index (χ2v) is 12.6. The molecule has 3 aromatic rings. The van der Waals surface area contributed by atoms with E-state index >= 15 is 0 Å². The predicted octanol–water partition coefficient (Wildman–Crippen LogP) is 6.88. The van der Waals surface area contributed by atoms with Gasteiger partial charge in [-0.25, -0.2) is 9.18 Å². The number of aromatic carboxylic acids is 1. The molecule has 3 heterocycles. The zero-order chi connectivity index (χ0) is 30.4. The molecule has 0 radical (unpaired) electrons. The zero-order valence-electron chi connectivity index (χ0n) is 24.8. The number of nitrogens with zero attached hydrogens (tertiary/aromatic N) is 3. The van der Waals surface area contributed by atoms with Gasteiger partial charge in [0.1, 0.15) is 11.6 Å². The molecule has 2 aromatic carbocycles. The SMILES string of the molecule is Cc1nc2c(cc1C(=O)O)C(=O)N(C1CCN(Cc3cc(C4CC4)c(-c4ccc(F)cc4)c(Cl)c3OC(C)C)CC1)CC2. The third-order valence-corrected chi connectivity index (χ3v) is 9.19. The van der Waals surface area contributed by atoms with Gasteiger partial charge in [0.2, 0.25) is 0 Å². The van der Waals surface area contributed by atoms with Crippen LogP contribution in [0.3, 0.4) is 0 Å². The van der Waals surface area contributed by atoms with E-state index < -0.39 is 5.97 Å². The van der Waals surface area contributed by atoms with Crippen molar-refractivity contribution in [2.45, 2.75) is 77.5 Å². The van der Waals surface area contributed by atoms with Crippen LogP contribution >= 0.6 is 11.6 Å². The molecule has 1 aliphatic carbocycles. The molecule has 0 unspecified atom stereocenters. The van der Waals surface area contributed by atoms with Crippen molar-refractivity contribution in [2.24, 2.45) is 0 Å². The number of ether oxygens (including phenoxy) is 1. The number of carboxylic acid groups (broad SMARTS) is 1. The van der Waals surface area contributed by atoms with Crippen LogP contribution in [0.15, 0.2) is 36.4 Å². The number of pyridine rings is 1. The molecule has 0 atom stereocenters. The Balaban J connectivity index is 1.21. The Morgan fingerprint density at radius 1 is 1.12 bits per heavy atom. The summed E-state index contributed by atoms with van der Waals surface area (Å²) in [6, 6.07) is 10.3. The molecule has 0 bridgehead atoms. The van der Waals surface area contributed by atoms with E-state index in [4.69, 9.17) is 16.3 Å². The van der Waals surface area contributed by atoms with E-state index in [1.165, 1.54) is 23.8 Å². The first-order valence-electron chi connectivity index (χ1n) is 15.2. The number of likely N-dealkylation sites (tertiary alicyclic amines) is 1. The van der Waals surface area contributed by atoms with E-state index in [1.807, 2.05) is 18.7 Å². The highest BCUT2D eigenvalue weighted by molar-refractivity contribution is 6.35. The van der Waals surface area contributed by atoms with Gasteiger partial charge < -0.3 is 14.7 Å². The smallest absolute Gasteiger partial charge is 0.337 e. The van der Waals surface area contributed by atoms with E-state index in [1.54, 1.807) is 19.1 Å². The topological polar surface area (TPSA) is 83.0 Å². The highest BCUT2D eigenvalue weighted by Crippen LogP contribution is 2.50. The Labute approximate surface area is 256 Å². The van der Waals surface area contributed by atoms with Crippen LogP contribution in [0, 0.1) is 12.7 Å². The Hall–Kier alpha value is -3.49. The summed E-state index contributed by atoms with van der Waals surface area (Å²) in [5, 5.41) is 10.1. The normalized spacial score (nSPS) is 17.8. The fraction of sp³-hybridized carbons (Fsp3) is 0.441. The van der Waals surface area contributed by atoms with Crippen LogP contribution in [0.5, 0.6) is 5.75 Å². The number of aryl methyl sites for hydroxylation is 1. The molecule has 0 spiro atoms. The molecule has 1 aromatic heterocycles. The van der Waals surface area contributed by atoms with Crippen LogP contribution in [-0.2, 0) is 13.0 Å². The molecule has 9 heteroatoms. The largest absolute Gasteiger partial charge is 0.489 e. The van der Waals surface area contributed by atoms with E-state index in [0.717, 1.165) is 55.5 Å². The molecule has 2 fully saturated rings. The monoisotopic (exact) mass is 605 g/mol. The predicted molar refractivity (Wildman–Crippen MR) is 164 cm³/mol. The zero-order valence-corrected chi connectivity index (χ0v) is 25.6. The van der Waals surface area contributed by atoms with Crippen molar-refractivity contribution in [3.8, 4) is 16.9 Å². The van der Waals surface area contributed by atoms with E-state index in [2.05, 4.69) is 16.0 Å². The summed E-state index contributed by atoms with van der Waals surface area (Å²) in [7, 11) is 0. The highest BCUT2D eigenvalue weighted by Gasteiger charge is 2.35. The Bertz CT molecular complexity index is 1560. The van der Waals surface area contributed by atoms with Crippen LogP contribution in [0.1, 0.15) is 88.7 Å². The summed E-state index contributed by atoms with van der Waals surface area (Å²) >= 11 is 7.13. The number of rotatable bonds is 8. The number of fused-ring (bicyclic) bond motifs is 1. The van der Waals surface area contributed by atoms with Crippen molar-refractivity contribution in [1.82, 2.24) is 14.8 Å². The lowest BCUT2D eigenvalue weighted by Gasteiger charge is -2.40. The summed E-state index contributed by atoms with van der Waals surface area (Å²) in [6.07, 6.45) is 4.42. The highest BCUT2D eigenvalue weighted by atomic mass is 35.5. The summed E-state index contributed by atoms with van der Waals surface area (Å²) in [5.41, 5.74) is 5.69. The maximum atomic E-state index is 13.7. The number of hydrogen-bond acceptors (Lipinski definition) is 5. The third kappa shape index (κ3) is 6.00. The van der Waals surface area contributed by atoms with Gasteiger partial charge in [-0.2, -0.15) is 0 Å². The maximum Gasteiger partial charge on any atom is 0.337 e. The van der Waals surface area contributed by atoms with Crippen molar-refractivity contribution in [2.75, 3.05) is 19.6 Å². The fourth-order valence-electron chi connectivity index (χ4n) is 6.52. The van der Waals surface area contributed by atoms with Gasteiger partial charge in [0.15, 0.2) is 0 Å². The second kappa shape index (κ2) is 11.9. The summed E-state index contributed by atoms with van der Waals surface area (Å²) in [5.74, 6) is -0.355. The number of amides is 1. The van der Waals surface area contributed by atoms with E-state index in [0.29, 0.717) is 53.2 Å². The first kappa shape index (κ1) is 29.6. The van der Waals surface area contributed by atoms with Gasteiger partial charge in [-0.05, 0) is 87.8 Å². The van der Waals surface area contributed by atoms with Gasteiger partial charge in [-0.1, -0.05) is 23.7 Å². The maximum absolute atomic E-state index is 13.7. The first-order valence-corrected chi connectivity index (χ1v) is 15.5. The summed E-state index contributed by atoms with van der Waals surface area (Å²) in [4.78, 5) is 33.8. The van der Waals surface area contributed by atoms with Crippen molar-refractivity contribution < 1.29 is 23.8 Å². The Kier molecular flexibility index (Phi) is 8.18. The van der Waals surface area contributed by atoms with Gasteiger partial charge in [-0.3, -0.25) is 14.7 Å². The van der Waals surface area contributed by atoms with Crippen LogP contribution in [-0.4, -0.2) is 63.5 Å². The van der Waals surface area contributed by atoms with Crippen molar-refractivity contribution in [3.05, 3.63) is 80.9 Å². The van der Waals surface area contributed by atoms with Gasteiger partial charge in [0, 0.05) is 49.8 Å². The van der Waals surface area contributed by atoms with Gasteiger partial charge in [0.25, 0.3) is 5.91 Å². The molecule has 1 amide bonds. The Morgan fingerprint density at radius 2 is 1.81 bits per heavy atom. The van der Waals surface area contributed by atoms with Gasteiger partial charge >= 0.3 is 5.97 Å². The van der Waals surface area contributed by atoms with Crippen LogP contribution in [0.25, 0.3) is 11.1 Å². The average Bonchev–Trinajstić information content (AvgIpc) is 3.81. The summed E-state index contributed by atoms with van der Waals surface area (Å²) < 4.78 is 20.1. The number of piperidine rings is 1. The molecular weight excluding hydrogens is 569 g/mol. The first-order chi connectivity index (χ1) is 20.6. The lowest BCUT2D eigenvalue weighted by Crippen LogP contribution is -2.50. The standard InChI is InChI=1S/C34H37ClFN3O4/c1-19(2)43-32-23(16-27(21-4-5-21)30(31(32)35)22-6-8-24(36)9-7-22)18-38-13-10-25(11-14-38)39-15-12-29-28(33(39)40)17-26(34(41)42)20(3)37-29/h6-9,16-17,19,21,25H,4-5,10-15,18H2,1-3H3,(H,41,42). The number of halogens is 2. The second-order valence-electron chi connectivity index (χ2n) is 12.3. The van der Waals surface area contributed by atoms with Crippen molar-refractivity contribution >= 4 is 23.5 Å². The molecule has 1 saturated heterocycles. The molecule has 3 aliphatic rings. The number of carbonyl (C=O) groups is 2. The van der Waals surface area contributed by atoms with Crippen LogP contribution in [0.2, 0.25) is 5.02 Å². The van der Waals surface area contributed by atoms with Gasteiger partial charge in [-0.15, -0.1) is 0 Å². The minimum Gasteiger partial charge on any atom is -0.489 e. The molecule has 6 rings (SSSR count). The third-order valence-electron chi connectivity index (χ3n) is 8.83. The summed E-state index contributed by atoms with van der Waals surface area (Å²) in [6.45, 7) is 8.54. The molecule has 43 heavy (non-hydrogen) atoms. The van der Waals surface area contributed by atoms with E-state index in [9.17, 15) is 19.1 Å². The number of hydrogen-bond donors (Lipinski definition) is 1. The lowest BCUT2D eigenvalue weighted by molar-refractivity contribution is 0.0542. The fourth-order valence-corrected chi connectivity index (χ4v) is 6.91. The molecule has 226 valence electrons. The molecule has 7 nitrogen and oxygen atoms in total. The van der Waals surface area contributed by atoms with Crippen molar-refractivity contribution in [3.63, 3.8) is 0 Å². The van der Waals surface area contributed by atoms with Crippen LogP contribution < -0.4 is 4.74 Å². The Morgan fingerprint density at radius 3 is 2.44 bits per heavy atom. The number of benzene rings is 2. The van der Waals surface area contributed by atoms with Gasteiger partial charge in [0.05, 0.1) is 33.6 Å². The number of carboxylic acids is 1. The quantitative estimate of drug-likeness (QED) is 0.302. The minimum atomic E-state index is -1.07. The van der Waals surface area contributed by atoms with E-state index in [-0.39, 0.29) is 29.4 Å². The molecular formula is C34H37ClFN3O4. The molecule has 1 N–H and O–H groups in total. The number of aromatic nitrogens is 1. The molecule has 2 aliphatic heterocycles. The number of carbonyl (C=O) groups excluding carboxylic acids is 1. The lowest BCUT2D eigenvalue weighted by atomic mass is 9.92. The minimum absolute atomic E-state index is 0.0669. The van der Waals surface area contributed by atoms with Crippen LogP contribution in [0.4, 0.5) is 4.39 Å². The molecule has 1 saturated carbocycles. The van der Waals surface area contributed by atoms with Crippen molar-refractivity contribution in [1.29, 1.82) is 0 Å². The average molecular weight is 606 g/mol.